The van der Waals surface area contributed by atoms with E-state index in [2.05, 4.69) is 44.4 Å². The second-order valence-electron chi connectivity index (χ2n) is 4.95. The molecule has 7 nitrogen and oxygen atoms in total. The quantitative estimate of drug-likeness (QED) is 0.767. The van der Waals surface area contributed by atoms with Crippen molar-refractivity contribution >= 4 is 17.0 Å². The molecule has 0 spiro atoms. The lowest BCUT2D eigenvalue weighted by molar-refractivity contribution is 0.809. The highest BCUT2D eigenvalue weighted by Gasteiger charge is 2.17. The van der Waals surface area contributed by atoms with Crippen molar-refractivity contribution in [3.05, 3.63) is 23.1 Å². The normalized spacial score (nSPS) is 11.2. The highest BCUT2D eigenvalue weighted by atomic mass is 15.3. The van der Waals surface area contributed by atoms with E-state index < -0.39 is 0 Å². The first-order valence-corrected chi connectivity index (χ1v) is 7.16. The molecule has 0 saturated heterocycles. The lowest BCUT2D eigenvalue weighted by Crippen LogP contribution is -2.08. The van der Waals surface area contributed by atoms with Gasteiger partial charge in [-0.05, 0) is 32.8 Å². The maximum atomic E-state index is 4.64. The molecule has 2 N–H and O–H groups in total. The van der Waals surface area contributed by atoms with Crippen LogP contribution in [0.5, 0.6) is 0 Å². The Hall–Kier alpha value is -2.44. The molecule has 0 atom stereocenters. The van der Waals surface area contributed by atoms with Crippen LogP contribution in [0.15, 0.2) is 6.20 Å². The minimum atomic E-state index is 0.579. The molecule has 0 saturated carbocycles. The lowest BCUT2D eigenvalue weighted by Gasteiger charge is -2.08. The van der Waals surface area contributed by atoms with Crippen LogP contribution in [0, 0.1) is 13.8 Å². The highest BCUT2D eigenvalue weighted by molar-refractivity contribution is 5.82. The average Bonchev–Trinajstić information content (AvgIpc) is 3.03. The zero-order valence-corrected chi connectivity index (χ0v) is 12.7. The fraction of sp³-hybridized carbons (Fsp3) is 0.429. The molecule has 0 aliphatic carbocycles. The standard InChI is InChI=1S/C14H19N7/c1-5-10-8(3)20-21(9(10)4)13-11-7-16-19-12(11)17-14(18-13)15-6-2/h7H,5-6H2,1-4H3,(H2,15,16,17,18,19). The van der Waals surface area contributed by atoms with Crippen LogP contribution in [0.2, 0.25) is 0 Å². The number of nitrogens with zero attached hydrogens (tertiary/aromatic N) is 5. The second-order valence-corrected chi connectivity index (χ2v) is 4.95. The van der Waals surface area contributed by atoms with E-state index >= 15 is 0 Å². The Morgan fingerprint density at radius 2 is 2.05 bits per heavy atom. The van der Waals surface area contributed by atoms with E-state index in [1.54, 1.807) is 6.20 Å². The summed E-state index contributed by atoms with van der Waals surface area (Å²) in [5.41, 5.74) is 4.12. The summed E-state index contributed by atoms with van der Waals surface area (Å²) in [7, 11) is 0. The third kappa shape index (κ3) is 2.14. The average molecular weight is 285 g/mol. The first-order valence-electron chi connectivity index (χ1n) is 7.16. The van der Waals surface area contributed by atoms with Gasteiger partial charge in [0.1, 0.15) is 0 Å². The van der Waals surface area contributed by atoms with Crippen molar-refractivity contribution in [2.45, 2.75) is 34.1 Å². The van der Waals surface area contributed by atoms with E-state index in [-0.39, 0.29) is 0 Å². The van der Waals surface area contributed by atoms with Crippen LogP contribution >= 0.6 is 0 Å². The lowest BCUT2D eigenvalue weighted by atomic mass is 10.1. The second kappa shape index (κ2) is 5.16. The molecule has 21 heavy (non-hydrogen) atoms. The Labute approximate surface area is 122 Å². The minimum absolute atomic E-state index is 0.579. The molecule has 3 heterocycles. The number of H-pyrrole nitrogens is 1. The fourth-order valence-electron chi connectivity index (χ4n) is 2.61. The molecular formula is C14H19N7. The molecule has 7 heteroatoms. The monoisotopic (exact) mass is 285 g/mol. The number of fused-ring (bicyclic) bond motifs is 1. The van der Waals surface area contributed by atoms with Gasteiger partial charge in [0.05, 0.1) is 17.3 Å². The molecule has 0 radical (unpaired) electrons. The van der Waals surface area contributed by atoms with E-state index in [0.29, 0.717) is 11.6 Å². The van der Waals surface area contributed by atoms with Crippen LogP contribution in [-0.2, 0) is 6.42 Å². The van der Waals surface area contributed by atoms with Gasteiger partial charge in [-0.1, -0.05) is 6.92 Å². The molecule has 0 aromatic carbocycles. The van der Waals surface area contributed by atoms with Crippen LogP contribution in [0.4, 0.5) is 5.95 Å². The molecule has 0 aliphatic heterocycles. The van der Waals surface area contributed by atoms with Crippen molar-refractivity contribution in [3.8, 4) is 5.82 Å². The van der Waals surface area contributed by atoms with Gasteiger partial charge in [-0.25, -0.2) is 4.68 Å². The third-order valence-electron chi connectivity index (χ3n) is 3.62. The maximum Gasteiger partial charge on any atom is 0.226 e. The number of rotatable bonds is 4. The first-order chi connectivity index (χ1) is 10.2. The molecule has 3 aromatic rings. The van der Waals surface area contributed by atoms with Gasteiger partial charge in [0.15, 0.2) is 11.5 Å². The summed E-state index contributed by atoms with van der Waals surface area (Å²) >= 11 is 0. The zero-order valence-electron chi connectivity index (χ0n) is 12.7. The predicted octanol–water partition coefficient (Wildman–Crippen LogP) is 2.15. The van der Waals surface area contributed by atoms with Crippen LogP contribution < -0.4 is 5.32 Å². The Morgan fingerprint density at radius 1 is 1.24 bits per heavy atom. The number of anilines is 1. The minimum Gasteiger partial charge on any atom is -0.354 e. The molecule has 0 aliphatic rings. The molecule has 110 valence electrons. The fourth-order valence-corrected chi connectivity index (χ4v) is 2.61. The van der Waals surface area contributed by atoms with Gasteiger partial charge in [-0.3, -0.25) is 5.10 Å². The Balaban J connectivity index is 2.25. The van der Waals surface area contributed by atoms with E-state index in [1.807, 2.05) is 18.5 Å². The van der Waals surface area contributed by atoms with Gasteiger partial charge in [-0.15, -0.1) is 0 Å². The van der Waals surface area contributed by atoms with Crippen molar-refractivity contribution in [3.63, 3.8) is 0 Å². The Morgan fingerprint density at radius 3 is 2.71 bits per heavy atom. The van der Waals surface area contributed by atoms with Gasteiger partial charge in [0.2, 0.25) is 5.95 Å². The van der Waals surface area contributed by atoms with Gasteiger partial charge in [0, 0.05) is 12.2 Å². The summed E-state index contributed by atoms with van der Waals surface area (Å²) in [6.45, 7) is 9.01. The molecular weight excluding hydrogens is 266 g/mol. The summed E-state index contributed by atoms with van der Waals surface area (Å²) < 4.78 is 1.88. The number of hydrogen-bond donors (Lipinski definition) is 2. The summed E-state index contributed by atoms with van der Waals surface area (Å²) in [5, 5.41) is 15.6. The molecule has 3 aromatic heterocycles. The summed E-state index contributed by atoms with van der Waals surface area (Å²) in [6, 6.07) is 0. The highest BCUT2D eigenvalue weighted by Crippen LogP contribution is 2.23. The number of hydrogen-bond acceptors (Lipinski definition) is 5. The van der Waals surface area contributed by atoms with E-state index in [4.69, 9.17) is 0 Å². The van der Waals surface area contributed by atoms with E-state index in [0.717, 1.165) is 35.6 Å². The number of aryl methyl sites for hydroxylation is 1. The zero-order chi connectivity index (χ0) is 15.0. The summed E-state index contributed by atoms with van der Waals surface area (Å²) in [4.78, 5) is 9.01. The molecule has 0 bridgehead atoms. The number of aromatic amines is 1. The molecule has 0 amide bonds. The Kier molecular flexibility index (Phi) is 3.32. The smallest absolute Gasteiger partial charge is 0.226 e. The van der Waals surface area contributed by atoms with Gasteiger partial charge in [0.25, 0.3) is 0 Å². The van der Waals surface area contributed by atoms with Crippen LogP contribution in [-0.4, -0.2) is 36.5 Å². The van der Waals surface area contributed by atoms with Gasteiger partial charge >= 0.3 is 0 Å². The molecule has 0 unspecified atom stereocenters. The van der Waals surface area contributed by atoms with Crippen molar-refractivity contribution in [1.82, 2.24) is 29.9 Å². The predicted molar refractivity (Wildman–Crippen MR) is 81.8 cm³/mol. The van der Waals surface area contributed by atoms with Crippen molar-refractivity contribution in [2.75, 3.05) is 11.9 Å². The first kappa shape index (κ1) is 13.5. The van der Waals surface area contributed by atoms with E-state index in [9.17, 15) is 0 Å². The van der Waals surface area contributed by atoms with Gasteiger partial charge < -0.3 is 5.32 Å². The number of aromatic nitrogens is 6. The largest absolute Gasteiger partial charge is 0.354 e. The summed E-state index contributed by atoms with van der Waals surface area (Å²) in [5.74, 6) is 1.33. The van der Waals surface area contributed by atoms with Gasteiger partial charge in [-0.2, -0.15) is 20.2 Å². The van der Waals surface area contributed by atoms with Crippen LogP contribution in [0.25, 0.3) is 16.9 Å². The molecule has 3 rings (SSSR count). The molecule has 0 fully saturated rings. The van der Waals surface area contributed by atoms with Crippen molar-refractivity contribution in [2.24, 2.45) is 0 Å². The van der Waals surface area contributed by atoms with E-state index in [1.165, 1.54) is 5.56 Å². The van der Waals surface area contributed by atoms with Crippen molar-refractivity contribution in [1.29, 1.82) is 0 Å². The maximum absolute atomic E-state index is 4.64. The number of nitrogens with one attached hydrogen (secondary N) is 2. The topological polar surface area (TPSA) is 84.3 Å². The van der Waals surface area contributed by atoms with Crippen molar-refractivity contribution < 1.29 is 0 Å². The Bertz CT molecular complexity index is 784. The van der Waals surface area contributed by atoms with Crippen LogP contribution in [0.1, 0.15) is 30.8 Å². The third-order valence-corrected chi connectivity index (χ3v) is 3.62. The SMILES string of the molecule is CCNc1nc(-n2nc(C)c(CC)c2C)c2cn[nH]c2n1. The summed E-state index contributed by atoms with van der Waals surface area (Å²) in [6.07, 6.45) is 2.69. The van der Waals surface area contributed by atoms with Crippen LogP contribution in [0.3, 0.4) is 0 Å².